The van der Waals surface area contributed by atoms with Crippen molar-refractivity contribution in [3.63, 3.8) is 0 Å². The van der Waals surface area contributed by atoms with E-state index in [4.69, 9.17) is 9.47 Å². The van der Waals surface area contributed by atoms with Gasteiger partial charge in [0.05, 0.1) is 17.9 Å². The maximum Gasteiger partial charge on any atom is 0.126 e. The van der Waals surface area contributed by atoms with E-state index in [1.165, 1.54) is 67.4 Å². The lowest BCUT2D eigenvalue weighted by Gasteiger charge is -2.35. The summed E-state index contributed by atoms with van der Waals surface area (Å²) in [6, 6.07) is 43.3. The Morgan fingerprint density at radius 1 is 0.462 bits per heavy atom. The molecule has 2 nitrogen and oxygen atoms in total. The molecule has 1 aliphatic rings. The Labute approximate surface area is 228 Å². The van der Waals surface area contributed by atoms with Crippen molar-refractivity contribution in [1.82, 2.24) is 0 Å². The SMILES string of the molecule is C=COc1ccc(C2(c3ccc(OC=C)cc3)c3c(ccc4ccccc34)-c3ccc4ccccc4c32)cc1. The summed E-state index contributed by atoms with van der Waals surface area (Å²) < 4.78 is 11.2. The number of ether oxygens (including phenoxy) is 2. The predicted molar refractivity (Wildman–Crippen MR) is 160 cm³/mol. The molecule has 0 amide bonds. The summed E-state index contributed by atoms with van der Waals surface area (Å²) in [5.74, 6) is 1.51. The number of benzene rings is 6. The molecule has 0 unspecified atom stereocenters. The van der Waals surface area contributed by atoms with Crippen LogP contribution in [0.2, 0.25) is 0 Å². The second kappa shape index (κ2) is 9.04. The van der Waals surface area contributed by atoms with Gasteiger partial charge in [-0.25, -0.2) is 0 Å². The van der Waals surface area contributed by atoms with Crippen molar-refractivity contribution in [2.24, 2.45) is 0 Å². The Kier molecular flexibility index (Phi) is 5.35. The van der Waals surface area contributed by atoms with Gasteiger partial charge in [0, 0.05) is 0 Å². The van der Waals surface area contributed by atoms with E-state index in [1.54, 1.807) is 0 Å². The molecule has 0 aliphatic heterocycles. The molecule has 0 spiro atoms. The molecule has 0 N–H and O–H groups in total. The standard InChI is InChI=1S/C37H26O2/c1-3-38-29-19-15-27(16-20-29)37(28-17-21-30(22-18-28)39-4-2)35-31-11-7-5-9-25(31)13-23-33(35)34-24-14-26-10-6-8-12-32(26)36(34)37/h3-24H,1-2H2. The fourth-order valence-corrected chi connectivity index (χ4v) is 6.43. The quantitative estimate of drug-likeness (QED) is 0.211. The Bertz CT molecular complexity index is 1740. The van der Waals surface area contributed by atoms with Crippen LogP contribution in [0.1, 0.15) is 22.3 Å². The summed E-state index contributed by atoms with van der Waals surface area (Å²) >= 11 is 0. The first-order valence-electron chi connectivity index (χ1n) is 13.1. The highest BCUT2D eigenvalue weighted by Gasteiger charge is 2.48. The highest BCUT2D eigenvalue weighted by atomic mass is 16.5. The summed E-state index contributed by atoms with van der Waals surface area (Å²) in [6.07, 6.45) is 2.93. The predicted octanol–water partition coefficient (Wildman–Crippen LogP) is 9.40. The van der Waals surface area contributed by atoms with Crippen LogP contribution in [0.4, 0.5) is 0 Å². The maximum atomic E-state index is 5.62. The van der Waals surface area contributed by atoms with E-state index in [1.807, 2.05) is 24.3 Å². The summed E-state index contributed by atoms with van der Waals surface area (Å²) in [5, 5.41) is 4.92. The summed E-state index contributed by atoms with van der Waals surface area (Å²) in [6.45, 7) is 7.45. The van der Waals surface area contributed by atoms with Crippen LogP contribution in [0.5, 0.6) is 11.5 Å². The molecular weight excluding hydrogens is 476 g/mol. The van der Waals surface area contributed by atoms with Crippen molar-refractivity contribution < 1.29 is 9.47 Å². The number of hydrogen-bond acceptors (Lipinski definition) is 2. The molecule has 0 fully saturated rings. The van der Waals surface area contributed by atoms with Crippen molar-refractivity contribution in [3.05, 3.63) is 169 Å². The number of fused-ring (bicyclic) bond motifs is 7. The molecular formula is C37H26O2. The van der Waals surface area contributed by atoms with Crippen molar-refractivity contribution in [2.75, 3.05) is 0 Å². The van der Waals surface area contributed by atoms with Crippen molar-refractivity contribution in [3.8, 4) is 22.6 Å². The number of hydrogen-bond donors (Lipinski definition) is 0. The van der Waals surface area contributed by atoms with Gasteiger partial charge >= 0.3 is 0 Å². The van der Waals surface area contributed by atoms with Gasteiger partial charge in [-0.15, -0.1) is 0 Å². The van der Waals surface area contributed by atoms with E-state index in [-0.39, 0.29) is 0 Å². The largest absolute Gasteiger partial charge is 0.466 e. The fraction of sp³-hybridized carbons (Fsp3) is 0.0270. The van der Waals surface area contributed by atoms with Crippen LogP contribution >= 0.6 is 0 Å². The highest BCUT2D eigenvalue weighted by Crippen LogP contribution is 2.60. The molecule has 0 bridgehead atoms. The van der Waals surface area contributed by atoms with Gasteiger partial charge in [-0.3, -0.25) is 0 Å². The van der Waals surface area contributed by atoms with Gasteiger partial charge in [-0.2, -0.15) is 0 Å². The Balaban J connectivity index is 1.68. The van der Waals surface area contributed by atoms with Gasteiger partial charge in [0.25, 0.3) is 0 Å². The molecule has 7 rings (SSSR count). The first kappa shape index (κ1) is 23.1. The first-order valence-corrected chi connectivity index (χ1v) is 13.1. The van der Waals surface area contributed by atoms with Gasteiger partial charge in [-0.05, 0) is 79.2 Å². The van der Waals surface area contributed by atoms with Crippen molar-refractivity contribution in [2.45, 2.75) is 5.41 Å². The minimum absolute atomic E-state index is 0.578. The molecule has 0 heterocycles. The summed E-state index contributed by atoms with van der Waals surface area (Å²) in [4.78, 5) is 0. The molecule has 6 aromatic carbocycles. The zero-order valence-electron chi connectivity index (χ0n) is 21.4. The second-order valence-corrected chi connectivity index (χ2v) is 9.79. The van der Waals surface area contributed by atoms with Crippen molar-refractivity contribution >= 4 is 21.5 Å². The third-order valence-electron chi connectivity index (χ3n) is 7.91. The Morgan fingerprint density at radius 3 is 1.28 bits per heavy atom. The zero-order valence-corrected chi connectivity index (χ0v) is 21.4. The average Bonchev–Trinajstić information content (AvgIpc) is 3.30. The Hall–Kier alpha value is -5.08. The molecule has 1 aliphatic carbocycles. The molecule has 39 heavy (non-hydrogen) atoms. The molecule has 0 atom stereocenters. The Morgan fingerprint density at radius 2 is 0.872 bits per heavy atom. The molecule has 0 aromatic heterocycles. The third kappa shape index (κ3) is 3.35. The lowest BCUT2D eigenvalue weighted by atomic mass is 9.66. The smallest absolute Gasteiger partial charge is 0.126 e. The van der Waals surface area contributed by atoms with Crippen LogP contribution in [-0.2, 0) is 5.41 Å². The molecule has 0 saturated heterocycles. The van der Waals surface area contributed by atoms with E-state index < -0.39 is 5.41 Å². The molecule has 0 radical (unpaired) electrons. The van der Waals surface area contributed by atoms with E-state index in [0.29, 0.717) is 0 Å². The van der Waals surface area contributed by atoms with E-state index >= 15 is 0 Å². The third-order valence-corrected chi connectivity index (χ3v) is 7.91. The summed E-state index contributed by atoms with van der Waals surface area (Å²) in [5.41, 5.74) is 6.86. The van der Waals surface area contributed by atoms with Gasteiger partial charge in [-0.1, -0.05) is 110 Å². The molecule has 186 valence electrons. The van der Waals surface area contributed by atoms with Crippen LogP contribution in [0.3, 0.4) is 0 Å². The van der Waals surface area contributed by atoms with Crippen LogP contribution < -0.4 is 9.47 Å². The highest BCUT2D eigenvalue weighted by molar-refractivity contribution is 6.06. The second-order valence-electron chi connectivity index (χ2n) is 9.79. The first-order chi connectivity index (χ1) is 19.3. The molecule has 2 heteroatoms. The van der Waals surface area contributed by atoms with Gasteiger partial charge < -0.3 is 9.47 Å². The topological polar surface area (TPSA) is 18.5 Å². The zero-order chi connectivity index (χ0) is 26.4. The van der Waals surface area contributed by atoms with Gasteiger partial charge in [0.15, 0.2) is 0 Å². The van der Waals surface area contributed by atoms with Crippen LogP contribution in [0, 0.1) is 0 Å². The average molecular weight is 503 g/mol. The van der Waals surface area contributed by atoms with Gasteiger partial charge in [0.1, 0.15) is 11.5 Å². The van der Waals surface area contributed by atoms with Gasteiger partial charge in [0.2, 0.25) is 0 Å². The van der Waals surface area contributed by atoms with E-state index in [2.05, 4.69) is 110 Å². The number of rotatable bonds is 6. The van der Waals surface area contributed by atoms with E-state index in [9.17, 15) is 0 Å². The van der Waals surface area contributed by atoms with Crippen LogP contribution in [-0.4, -0.2) is 0 Å². The monoisotopic (exact) mass is 502 g/mol. The lowest BCUT2D eigenvalue weighted by Crippen LogP contribution is -2.29. The normalized spacial score (nSPS) is 13.0. The summed E-state index contributed by atoms with van der Waals surface area (Å²) in [7, 11) is 0. The lowest BCUT2D eigenvalue weighted by molar-refractivity contribution is 0.482. The molecule has 0 saturated carbocycles. The van der Waals surface area contributed by atoms with Crippen LogP contribution in [0.15, 0.2) is 147 Å². The minimum atomic E-state index is -0.578. The molecule has 6 aromatic rings. The van der Waals surface area contributed by atoms with Crippen molar-refractivity contribution in [1.29, 1.82) is 0 Å². The van der Waals surface area contributed by atoms with E-state index in [0.717, 1.165) is 11.5 Å². The maximum absolute atomic E-state index is 5.62. The van der Waals surface area contributed by atoms with Crippen LogP contribution in [0.25, 0.3) is 32.7 Å². The minimum Gasteiger partial charge on any atom is -0.466 e. The fourth-order valence-electron chi connectivity index (χ4n) is 6.43.